The number of aliphatic hydroxyl groups excluding tert-OH is 1. The number of hydrogen-bond donors (Lipinski definition) is 2. The lowest BCUT2D eigenvalue weighted by Gasteiger charge is -2.26. The number of halogens is 1. The van der Waals surface area contributed by atoms with Crippen LogP contribution in [-0.2, 0) is 4.74 Å². The first-order valence-electron chi connectivity index (χ1n) is 5.64. The van der Waals surface area contributed by atoms with Gasteiger partial charge in [-0.15, -0.1) is 0 Å². The van der Waals surface area contributed by atoms with Crippen LogP contribution in [-0.4, -0.2) is 43.7 Å². The lowest BCUT2D eigenvalue weighted by Crippen LogP contribution is -3.00. The molecule has 0 bridgehead atoms. The quantitative estimate of drug-likeness (QED) is 0.605. The van der Waals surface area contributed by atoms with Gasteiger partial charge in [0.15, 0.2) is 17.6 Å². The Balaban J connectivity index is 0.00000162. The number of nitrogens with two attached hydrogens (primary N) is 1. The molecular formula is C12H17ClNO4-. The number of hydrogen-bond acceptors (Lipinski definition) is 5. The molecule has 1 aromatic rings. The number of aliphatic hydroxyl groups is 1. The smallest absolute Gasteiger partial charge is 0.161 e. The number of rotatable bonds is 5. The van der Waals surface area contributed by atoms with E-state index in [0.717, 1.165) is 11.5 Å². The summed E-state index contributed by atoms with van der Waals surface area (Å²) in [7, 11) is 0. The molecule has 2 unspecified atom stereocenters. The number of benzene rings is 1. The Hall–Kier alpha value is -1.01. The van der Waals surface area contributed by atoms with Crippen molar-refractivity contribution < 1.29 is 31.7 Å². The molecule has 0 amide bonds. The van der Waals surface area contributed by atoms with Crippen molar-refractivity contribution in [3.63, 3.8) is 0 Å². The Morgan fingerprint density at radius 1 is 1.39 bits per heavy atom. The molecule has 1 aliphatic heterocycles. The van der Waals surface area contributed by atoms with E-state index in [9.17, 15) is 5.11 Å². The summed E-state index contributed by atoms with van der Waals surface area (Å²) < 4.78 is 16.5. The summed E-state index contributed by atoms with van der Waals surface area (Å²) in [5.41, 5.74) is 5.27. The van der Waals surface area contributed by atoms with E-state index in [1.807, 2.05) is 24.3 Å². The van der Waals surface area contributed by atoms with Gasteiger partial charge in [0.2, 0.25) is 0 Å². The van der Waals surface area contributed by atoms with E-state index in [2.05, 4.69) is 0 Å². The van der Waals surface area contributed by atoms with Crippen molar-refractivity contribution in [2.45, 2.75) is 12.2 Å². The monoisotopic (exact) mass is 274 g/mol. The number of fused-ring (bicyclic) bond motifs is 1. The fourth-order valence-corrected chi connectivity index (χ4v) is 1.55. The lowest BCUT2D eigenvalue weighted by molar-refractivity contribution is -0.0194. The van der Waals surface area contributed by atoms with E-state index in [0.29, 0.717) is 13.2 Å². The standard InChI is InChI=1S/C12H17NO4.ClH/c13-5-9(14)6-15-7-10-8-16-11-3-1-2-4-12(11)17-10;/h1-4,9-10,14H,5-8,13H2;1H/p-1. The molecule has 1 heterocycles. The Morgan fingerprint density at radius 3 is 2.83 bits per heavy atom. The first kappa shape index (κ1) is 15.0. The summed E-state index contributed by atoms with van der Waals surface area (Å²) in [6.45, 7) is 1.25. The van der Waals surface area contributed by atoms with Crippen molar-refractivity contribution in [2.75, 3.05) is 26.4 Å². The third kappa shape index (κ3) is 4.03. The van der Waals surface area contributed by atoms with E-state index in [1.54, 1.807) is 0 Å². The molecule has 6 heteroatoms. The van der Waals surface area contributed by atoms with E-state index in [4.69, 9.17) is 19.9 Å². The molecule has 1 aromatic carbocycles. The fourth-order valence-electron chi connectivity index (χ4n) is 1.55. The molecule has 2 rings (SSSR count). The molecule has 0 spiro atoms. The van der Waals surface area contributed by atoms with Gasteiger partial charge in [-0.2, -0.15) is 0 Å². The second-order valence-corrected chi connectivity index (χ2v) is 3.92. The van der Waals surface area contributed by atoms with Gasteiger partial charge in [-0.25, -0.2) is 0 Å². The van der Waals surface area contributed by atoms with Crippen molar-refractivity contribution >= 4 is 0 Å². The lowest BCUT2D eigenvalue weighted by atomic mass is 10.2. The van der Waals surface area contributed by atoms with Crippen LogP contribution >= 0.6 is 0 Å². The van der Waals surface area contributed by atoms with E-state index < -0.39 is 6.10 Å². The van der Waals surface area contributed by atoms with E-state index >= 15 is 0 Å². The largest absolute Gasteiger partial charge is 1.00 e. The second-order valence-electron chi connectivity index (χ2n) is 3.92. The van der Waals surface area contributed by atoms with Crippen molar-refractivity contribution in [2.24, 2.45) is 5.73 Å². The van der Waals surface area contributed by atoms with Crippen LogP contribution in [0.15, 0.2) is 24.3 Å². The summed E-state index contributed by atoms with van der Waals surface area (Å²) in [6, 6.07) is 7.51. The van der Waals surface area contributed by atoms with Crippen LogP contribution in [0.2, 0.25) is 0 Å². The normalized spacial score (nSPS) is 18.9. The minimum atomic E-state index is -0.619. The summed E-state index contributed by atoms with van der Waals surface area (Å²) in [6.07, 6.45) is -0.762. The van der Waals surface area contributed by atoms with E-state index in [-0.39, 0.29) is 31.7 Å². The van der Waals surface area contributed by atoms with E-state index in [1.165, 1.54) is 0 Å². The molecule has 0 fully saturated rings. The summed E-state index contributed by atoms with van der Waals surface area (Å²) in [5, 5.41) is 9.22. The summed E-state index contributed by atoms with van der Waals surface area (Å²) in [5.74, 6) is 1.48. The van der Waals surface area contributed by atoms with Crippen LogP contribution in [0.4, 0.5) is 0 Å². The Morgan fingerprint density at radius 2 is 2.11 bits per heavy atom. The minimum Gasteiger partial charge on any atom is -1.00 e. The average Bonchev–Trinajstić information content (AvgIpc) is 2.38. The van der Waals surface area contributed by atoms with Crippen LogP contribution in [0.3, 0.4) is 0 Å². The maximum absolute atomic E-state index is 9.22. The van der Waals surface area contributed by atoms with Crippen molar-refractivity contribution in [3.8, 4) is 11.5 Å². The van der Waals surface area contributed by atoms with Gasteiger partial charge in [-0.05, 0) is 12.1 Å². The first-order chi connectivity index (χ1) is 8.29. The van der Waals surface area contributed by atoms with Crippen molar-refractivity contribution in [3.05, 3.63) is 24.3 Å². The van der Waals surface area contributed by atoms with Gasteiger partial charge in [-0.3, -0.25) is 0 Å². The molecule has 1 aliphatic rings. The van der Waals surface area contributed by atoms with Gasteiger partial charge in [-0.1, -0.05) is 12.1 Å². The van der Waals surface area contributed by atoms with Crippen LogP contribution < -0.4 is 27.6 Å². The fraction of sp³-hybridized carbons (Fsp3) is 0.500. The molecular weight excluding hydrogens is 258 g/mol. The zero-order valence-electron chi connectivity index (χ0n) is 9.92. The molecule has 2 atom stereocenters. The van der Waals surface area contributed by atoms with Crippen LogP contribution in [0.1, 0.15) is 0 Å². The van der Waals surface area contributed by atoms with Gasteiger partial charge in [0, 0.05) is 6.54 Å². The van der Waals surface area contributed by atoms with Gasteiger partial charge >= 0.3 is 0 Å². The highest BCUT2D eigenvalue weighted by Crippen LogP contribution is 2.30. The highest BCUT2D eigenvalue weighted by atomic mass is 35.5. The third-order valence-electron chi connectivity index (χ3n) is 2.45. The molecule has 18 heavy (non-hydrogen) atoms. The average molecular weight is 275 g/mol. The zero-order valence-corrected chi connectivity index (χ0v) is 10.7. The third-order valence-corrected chi connectivity index (χ3v) is 2.45. The second kappa shape index (κ2) is 7.43. The molecule has 3 N–H and O–H groups in total. The predicted molar refractivity (Wildman–Crippen MR) is 62.2 cm³/mol. The van der Waals surface area contributed by atoms with Crippen LogP contribution in [0, 0.1) is 0 Å². The molecule has 0 aliphatic carbocycles. The topological polar surface area (TPSA) is 73.9 Å². The Bertz CT molecular complexity index is 364. The maximum atomic E-state index is 9.22. The molecule has 0 saturated heterocycles. The van der Waals surface area contributed by atoms with Gasteiger partial charge < -0.3 is 37.5 Å². The predicted octanol–water partition coefficient (Wildman–Crippen LogP) is -2.83. The number of para-hydroxylation sites is 2. The molecule has 0 radical (unpaired) electrons. The first-order valence-corrected chi connectivity index (χ1v) is 5.64. The molecule has 0 saturated carbocycles. The van der Waals surface area contributed by atoms with Gasteiger partial charge in [0.25, 0.3) is 0 Å². The Labute approximate surface area is 112 Å². The highest BCUT2D eigenvalue weighted by molar-refractivity contribution is 5.40. The SMILES string of the molecule is NCC(O)COCC1COc2ccccc2O1.[Cl-]. The maximum Gasteiger partial charge on any atom is 0.161 e. The van der Waals surface area contributed by atoms with Crippen molar-refractivity contribution in [1.29, 1.82) is 0 Å². The van der Waals surface area contributed by atoms with Crippen molar-refractivity contribution in [1.82, 2.24) is 0 Å². The highest BCUT2D eigenvalue weighted by Gasteiger charge is 2.20. The number of ether oxygens (including phenoxy) is 3. The Kier molecular flexibility index (Phi) is 6.21. The molecule has 0 aromatic heterocycles. The van der Waals surface area contributed by atoms with Gasteiger partial charge in [0.1, 0.15) is 6.61 Å². The summed E-state index contributed by atoms with van der Waals surface area (Å²) >= 11 is 0. The summed E-state index contributed by atoms with van der Waals surface area (Å²) in [4.78, 5) is 0. The van der Waals surface area contributed by atoms with Crippen LogP contribution in [0.25, 0.3) is 0 Å². The van der Waals surface area contributed by atoms with Crippen LogP contribution in [0.5, 0.6) is 11.5 Å². The molecule has 102 valence electrons. The minimum absolute atomic E-state index is 0. The zero-order chi connectivity index (χ0) is 12.1. The molecule has 5 nitrogen and oxygen atoms in total. The van der Waals surface area contributed by atoms with Gasteiger partial charge in [0.05, 0.1) is 19.3 Å².